The van der Waals surface area contributed by atoms with Crippen LogP contribution in [0.25, 0.3) is 6.08 Å². The zero-order valence-electron chi connectivity index (χ0n) is 15.4. The number of carboxylic acid groups (broad SMARTS) is 1. The summed E-state index contributed by atoms with van der Waals surface area (Å²) in [6.45, 7) is 9.06. The molecule has 1 aliphatic heterocycles. The van der Waals surface area contributed by atoms with Crippen LogP contribution in [-0.2, 0) is 14.1 Å². The molecule has 0 unspecified atom stereocenters. The van der Waals surface area contributed by atoms with Crippen molar-refractivity contribution in [3.8, 4) is 0 Å². The van der Waals surface area contributed by atoms with E-state index in [2.05, 4.69) is 10.3 Å². The maximum atomic E-state index is 13.5. The molecule has 7 nitrogen and oxygen atoms in total. The summed E-state index contributed by atoms with van der Waals surface area (Å²) in [5, 5.41) is 11.7. The Labute approximate surface area is 151 Å². The van der Waals surface area contributed by atoms with Gasteiger partial charge in [-0.25, -0.2) is 9.18 Å². The molecule has 1 aromatic heterocycles. The smallest absolute Gasteiger partial charge is 0.478 e. The monoisotopic (exact) mass is 364 g/mol. The highest BCUT2D eigenvalue weighted by Gasteiger charge is 2.52. The molecule has 140 valence electrons. The molecule has 9 heteroatoms. The van der Waals surface area contributed by atoms with E-state index in [1.165, 1.54) is 13.0 Å². The van der Waals surface area contributed by atoms with E-state index in [1.807, 2.05) is 27.7 Å². The van der Waals surface area contributed by atoms with Crippen LogP contribution in [-0.4, -0.2) is 46.8 Å². The van der Waals surface area contributed by atoms with Crippen molar-refractivity contribution in [3.63, 3.8) is 0 Å². The Morgan fingerprint density at radius 2 is 1.88 bits per heavy atom. The number of halogens is 1. The summed E-state index contributed by atoms with van der Waals surface area (Å²) in [4.78, 5) is 26.3. The van der Waals surface area contributed by atoms with Crippen LogP contribution in [0.15, 0.2) is 17.7 Å². The first-order valence-electron chi connectivity index (χ1n) is 8.12. The Balaban J connectivity index is 2.39. The fourth-order valence-corrected chi connectivity index (χ4v) is 2.31. The molecule has 0 atom stereocenters. The minimum atomic E-state index is -1.39. The molecule has 2 heterocycles. The van der Waals surface area contributed by atoms with Gasteiger partial charge in [-0.3, -0.25) is 9.78 Å². The number of hydrogen-bond acceptors (Lipinski definition) is 5. The van der Waals surface area contributed by atoms with Gasteiger partial charge in [0.05, 0.1) is 28.7 Å². The summed E-state index contributed by atoms with van der Waals surface area (Å²) >= 11 is 0. The third-order valence-electron chi connectivity index (χ3n) is 4.54. The number of amides is 1. The highest BCUT2D eigenvalue weighted by molar-refractivity contribution is 6.56. The predicted molar refractivity (Wildman–Crippen MR) is 93.9 cm³/mol. The molecule has 2 N–H and O–H groups in total. The van der Waals surface area contributed by atoms with Crippen LogP contribution in [0.3, 0.4) is 0 Å². The van der Waals surface area contributed by atoms with Gasteiger partial charge in [0, 0.05) is 13.5 Å². The van der Waals surface area contributed by atoms with E-state index in [-0.39, 0.29) is 18.1 Å². The van der Waals surface area contributed by atoms with Crippen LogP contribution in [0.5, 0.6) is 0 Å². The summed E-state index contributed by atoms with van der Waals surface area (Å²) in [5.74, 6) is -2.56. The van der Waals surface area contributed by atoms with Gasteiger partial charge in [0.25, 0.3) is 0 Å². The fraction of sp³-hybridized carbons (Fsp3) is 0.471. The molecule has 1 aromatic rings. The Kier molecular flexibility index (Phi) is 5.53. The topological polar surface area (TPSA) is 97.8 Å². The molecule has 0 bridgehead atoms. The van der Waals surface area contributed by atoms with Crippen LogP contribution < -0.4 is 5.32 Å². The van der Waals surface area contributed by atoms with Gasteiger partial charge in [0.15, 0.2) is 5.82 Å². The van der Waals surface area contributed by atoms with Gasteiger partial charge in [-0.05, 0) is 45.3 Å². The van der Waals surface area contributed by atoms with Crippen molar-refractivity contribution in [3.05, 3.63) is 34.8 Å². The quantitative estimate of drug-likeness (QED) is 0.777. The number of aromatic carboxylic acids is 1. The number of hydrogen-bond donors (Lipinski definition) is 2. The van der Waals surface area contributed by atoms with Crippen molar-refractivity contribution >= 4 is 25.1 Å². The summed E-state index contributed by atoms with van der Waals surface area (Å²) in [5.41, 5.74) is -0.905. The van der Waals surface area contributed by atoms with Crippen molar-refractivity contribution in [2.24, 2.45) is 0 Å². The van der Waals surface area contributed by atoms with E-state index in [0.717, 1.165) is 12.3 Å². The predicted octanol–water partition coefficient (Wildman–Crippen LogP) is 2.07. The molecule has 0 aromatic carbocycles. The van der Waals surface area contributed by atoms with Gasteiger partial charge in [-0.2, -0.15) is 0 Å². The lowest BCUT2D eigenvalue weighted by molar-refractivity contribution is -0.118. The number of carbonyl (C=O) groups is 2. The van der Waals surface area contributed by atoms with Crippen LogP contribution in [0.1, 0.15) is 50.7 Å². The molecule has 0 spiro atoms. The second kappa shape index (κ2) is 7.16. The molecule has 1 fully saturated rings. The Morgan fingerprint density at radius 1 is 1.31 bits per heavy atom. The minimum Gasteiger partial charge on any atom is -0.478 e. The van der Waals surface area contributed by atoms with Gasteiger partial charge in [0.1, 0.15) is 0 Å². The number of nitrogens with one attached hydrogen (secondary N) is 1. The number of rotatable bonds is 5. The zero-order chi connectivity index (χ0) is 19.7. The number of pyridine rings is 1. The molecule has 1 saturated heterocycles. The van der Waals surface area contributed by atoms with Crippen molar-refractivity contribution in [1.82, 2.24) is 10.3 Å². The number of carboxylic acids is 1. The summed E-state index contributed by atoms with van der Waals surface area (Å²) in [7, 11) is -0.757. The second-order valence-electron chi connectivity index (χ2n) is 7.11. The summed E-state index contributed by atoms with van der Waals surface area (Å²) in [6.07, 6.45) is 2.37. The zero-order valence-corrected chi connectivity index (χ0v) is 15.4. The molecule has 1 aliphatic rings. The lowest BCUT2D eigenvalue weighted by Gasteiger charge is -2.32. The van der Waals surface area contributed by atoms with Crippen molar-refractivity contribution in [2.45, 2.75) is 45.8 Å². The van der Waals surface area contributed by atoms with Gasteiger partial charge in [-0.15, -0.1) is 0 Å². The molecule has 26 heavy (non-hydrogen) atoms. The first-order valence-corrected chi connectivity index (χ1v) is 8.12. The van der Waals surface area contributed by atoms with E-state index in [1.54, 1.807) is 0 Å². The largest absolute Gasteiger partial charge is 0.492 e. The normalized spacial score (nSPS) is 18.7. The molecular formula is C17H22BFN2O5. The highest BCUT2D eigenvalue weighted by atomic mass is 19.1. The highest BCUT2D eigenvalue weighted by Crippen LogP contribution is 2.38. The van der Waals surface area contributed by atoms with Gasteiger partial charge in [-0.1, -0.05) is 0 Å². The van der Waals surface area contributed by atoms with Crippen LogP contribution in [0.2, 0.25) is 0 Å². The lowest BCUT2D eigenvalue weighted by atomic mass is 9.77. The molecule has 2 rings (SSSR count). The van der Waals surface area contributed by atoms with E-state index < -0.39 is 35.7 Å². The fourth-order valence-electron chi connectivity index (χ4n) is 2.31. The minimum absolute atomic E-state index is 0.119. The van der Waals surface area contributed by atoms with Crippen LogP contribution >= 0.6 is 0 Å². The lowest BCUT2D eigenvalue weighted by Crippen LogP contribution is -2.41. The molecule has 0 saturated carbocycles. The van der Waals surface area contributed by atoms with Crippen molar-refractivity contribution in [2.75, 3.05) is 6.54 Å². The van der Waals surface area contributed by atoms with Gasteiger partial charge >= 0.3 is 13.1 Å². The molecular weight excluding hydrogens is 342 g/mol. The standard InChI is InChI=1S/C17H22BFN2O5/c1-10(22)20-8-11(18-25-16(2,3)17(4,5)26-18)6-12-7-13(15(23)24)14(19)9-21-12/h6-7,9H,8H2,1-5H3,(H,20,22)(H,23,24). The number of carbonyl (C=O) groups excluding carboxylic acids is 1. The van der Waals surface area contributed by atoms with Crippen LogP contribution in [0.4, 0.5) is 4.39 Å². The van der Waals surface area contributed by atoms with Crippen LogP contribution in [0, 0.1) is 5.82 Å². The molecule has 1 amide bonds. The number of aromatic nitrogens is 1. The second-order valence-corrected chi connectivity index (χ2v) is 7.11. The first kappa shape index (κ1) is 20.1. The molecule has 0 radical (unpaired) electrons. The Hall–Kier alpha value is -2.26. The number of nitrogens with zero attached hydrogens (tertiary/aromatic N) is 1. The first-order chi connectivity index (χ1) is 11.9. The van der Waals surface area contributed by atoms with E-state index >= 15 is 0 Å². The van der Waals surface area contributed by atoms with Crippen molar-refractivity contribution in [1.29, 1.82) is 0 Å². The summed E-state index contributed by atoms with van der Waals surface area (Å²) < 4.78 is 25.5. The van der Waals surface area contributed by atoms with Crippen molar-refractivity contribution < 1.29 is 28.4 Å². The van der Waals surface area contributed by atoms with Gasteiger partial charge in [0.2, 0.25) is 5.91 Å². The maximum Gasteiger partial charge on any atom is 0.492 e. The van der Waals surface area contributed by atoms with E-state index in [0.29, 0.717) is 5.47 Å². The van der Waals surface area contributed by atoms with E-state index in [9.17, 15) is 14.0 Å². The third-order valence-corrected chi connectivity index (χ3v) is 4.54. The van der Waals surface area contributed by atoms with E-state index in [4.69, 9.17) is 14.4 Å². The maximum absolute atomic E-state index is 13.5. The van der Waals surface area contributed by atoms with Gasteiger partial charge < -0.3 is 19.7 Å². The average molecular weight is 364 g/mol. The third kappa shape index (κ3) is 4.28. The SMILES string of the molecule is CC(=O)NCC(=Cc1cc(C(=O)O)c(F)cn1)B1OC(C)(C)C(C)(C)O1. The summed E-state index contributed by atoms with van der Waals surface area (Å²) in [6, 6.07) is 1.12. The average Bonchev–Trinajstić information content (AvgIpc) is 2.72. The Morgan fingerprint density at radius 3 is 2.38 bits per heavy atom. The molecule has 0 aliphatic carbocycles. The Bertz CT molecular complexity index is 748.